The second-order valence-corrected chi connectivity index (χ2v) is 7.85. The Kier molecular flexibility index (Phi) is 8.16. The Balaban J connectivity index is 1.20. The fourth-order valence-electron chi connectivity index (χ4n) is 3.41. The number of anilines is 2. The molecule has 178 valence electrons. The molecule has 0 unspecified atom stereocenters. The lowest BCUT2D eigenvalue weighted by atomic mass is 10.2. The van der Waals surface area contributed by atoms with Crippen molar-refractivity contribution < 1.29 is 18.7 Å². The van der Waals surface area contributed by atoms with Gasteiger partial charge in [0.05, 0.1) is 26.0 Å². The molecule has 0 bridgehead atoms. The Morgan fingerprint density at radius 2 is 1.66 bits per heavy atom. The molecule has 0 fully saturated rings. The maximum absolute atomic E-state index is 12.4. The summed E-state index contributed by atoms with van der Waals surface area (Å²) < 4.78 is 11.0. The summed E-state index contributed by atoms with van der Waals surface area (Å²) in [6.07, 6.45) is 2.40. The van der Waals surface area contributed by atoms with Crippen molar-refractivity contribution in [1.82, 2.24) is 5.32 Å². The van der Waals surface area contributed by atoms with Gasteiger partial charge in [-0.05, 0) is 60.2 Å². The molecule has 0 atom stereocenters. The van der Waals surface area contributed by atoms with Crippen LogP contribution in [-0.4, -0.2) is 25.0 Å². The van der Waals surface area contributed by atoms with Gasteiger partial charge in [0.1, 0.15) is 11.5 Å². The largest absolute Gasteiger partial charge is 0.493 e. The maximum Gasteiger partial charge on any atom is 0.251 e. The van der Waals surface area contributed by atoms with Crippen LogP contribution >= 0.6 is 0 Å². The maximum atomic E-state index is 12.4. The molecule has 0 saturated carbocycles. The predicted molar refractivity (Wildman–Crippen MR) is 136 cm³/mol. The van der Waals surface area contributed by atoms with Crippen LogP contribution in [0, 0.1) is 0 Å². The van der Waals surface area contributed by atoms with Crippen LogP contribution in [-0.2, 0) is 17.8 Å². The first kappa shape index (κ1) is 23.6. The number of furan rings is 1. The van der Waals surface area contributed by atoms with E-state index in [1.807, 2.05) is 42.5 Å². The van der Waals surface area contributed by atoms with Crippen LogP contribution in [0.3, 0.4) is 0 Å². The highest BCUT2D eigenvalue weighted by molar-refractivity contribution is 5.98. The first-order valence-electron chi connectivity index (χ1n) is 11.4. The number of carbonyl (C=O) groups is 2. The monoisotopic (exact) mass is 469 g/mol. The summed E-state index contributed by atoms with van der Waals surface area (Å²) in [5.74, 6) is 0.974. The molecular weight excluding hydrogens is 442 g/mol. The van der Waals surface area contributed by atoms with E-state index in [2.05, 4.69) is 28.1 Å². The molecule has 7 heteroatoms. The number of rotatable bonds is 11. The lowest BCUT2D eigenvalue weighted by molar-refractivity contribution is -0.114. The second kappa shape index (κ2) is 12.1. The summed E-state index contributed by atoms with van der Waals surface area (Å²) in [5, 5.41) is 8.68. The number of hydrogen-bond acceptors (Lipinski definition) is 5. The first-order valence-corrected chi connectivity index (χ1v) is 11.4. The molecular formula is C28H27N3O4. The van der Waals surface area contributed by atoms with Gasteiger partial charge in [0.2, 0.25) is 5.91 Å². The number of benzene rings is 3. The molecule has 3 N–H and O–H groups in total. The molecule has 1 heterocycles. The standard InChI is InChI=1S/C28H27N3O4/c32-27(31-24-9-4-8-22(18-24)28(33)30-19-26-10-5-16-34-26)20-29-23-11-13-25(14-12-23)35-17-15-21-6-2-1-3-7-21/h1-14,16,18,29H,15,17,19-20H2,(H,30,33)(H,31,32). The van der Waals surface area contributed by atoms with Gasteiger partial charge in [0.25, 0.3) is 5.91 Å². The summed E-state index contributed by atoms with van der Waals surface area (Å²) in [7, 11) is 0. The van der Waals surface area contributed by atoms with Crippen LogP contribution in [0.15, 0.2) is 102 Å². The molecule has 1 aromatic heterocycles. The Morgan fingerprint density at radius 1 is 0.829 bits per heavy atom. The third-order valence-electron chi connectivity index (χ3n) is 5.22. The van der Waals surface area contributed by atoms with Gasteiger partial charge in [-0.2, -0.15) is 0 Å². The van der Waals surface area contributed by atoms with Crippen molar-refractivity contribution in [1.29, 1.82) is 0 Å². The minimum absolute atomic E-state index is 0.0864. The van der Waals surface area contributed by atoms with Crippen molar-refractivity contribution in [3.05, 3.63) is 114 Å². The van der Waals surface area contributed by atoms with Crippen molar-refractivity contribution in [3.63, 3.8) is 0 Å². The molecule has 0 radical (unpaired) electrons. The summed E-state index contributed by atoms with van der Waals surface area (Å²) in [6, 6.07) is 28.0. The summed E-state index contributed by atoms with van der Waals surface area (Å²) in [6.45, 7) is 0.978. The Hall–Kier alpha value is -4.52. The average molecular weight is 470 g/mol. The zero-order valence-corrected chi connectivity index (χ0v) is 19.2. The highest BCUT2D eigenvalue weighted by atomic mass is 16.5. The second-order valence-electron chi connectivity index (χ2n) is 7.85. The van der Waals surface area contributed by atoms with Crippen LogP contribution in [0.25, 0.3) is 0 Å². The minimum atomic E-state index is -0.248. The molecule has 0 aliphatic heterocycles. The van der Waals surface area contributed by atoms with Crippen LogP contribution in [0.5, 0.6) is 5.75 Å². The van der Waals surface area contributed by atoms with Crippen LogP contribution < -0.4 is 20.7 Å². The molecule has 4 rings (SSSR count). The Labute approximate surface area is 204 Å². The fourth-order valence-corrected chi connectivity index (χ4v) is 3.41. The smallest absolute Gasteiger partial charge is 0.251 e. The van der Waals surface area contributed by atoms with Crippen molar-refractivity contribution in [2.45, 2.75) is 13.0 Å². The van der Waals surface area contributed by atoms with Gasteiger partial charge in [0.15, 0.2) is 0 Å². The van der Waals surface area contributed by atoms with Crippen molar-refractivity contribution in [2.24, 2.45) is 0 Å². The van der Waals surface area contributed by atoms with E-state index in [0.29, 0.717) is 30.2 Å². The zero-order valence-electron chi connectivity index (χ0n) is 19.2. The van der Waals surface area contributed by atoms with E-state index in [0.717, 1.165) is 17.9 Å². The molecule has 0 aliphatic rings. The molecule has 0 spiro atoms. The van der Waals surface area contributed by atoms with Gasteiger partial charge in [-0.1, -0.05) is 36.4 Å². The topological polar surface area (TPSA) is 92.6 Å². The summed E-state index contributed by atoms with van der Waals surface area (Å²) in [5.41, 5.74) is 3.04. The third-order valence-corrected chi connectivity index (χ3v) is 5.22. The Bertz CT molecular complexity index is 1220. The molecule has 0 saturated heterocycles. The normalized spacial score (nSPS) is 10.4. The summed E-state index contributed by atoms with van der Waals surface area (Å²) in [4.78, 5) is 24.7. The lowest BCUT2D eigenvalue weighted by Crippen LogP contribution is -2.24. The van der Waals surface area contributed by atoms with Crippen LogP contribution in [0.2, 0.25) is 0 Å². The zero-order chi connectivity index (χ0) is 24.3. The fraction of sp³-hybridized carbons (Fsp3) is 0.143. The van der Waals surface area contributed by atoms with Crippen LogP contribution in [0.1, 0.15) is 21.7 Å². The average Bonchev–Trinajstić information content (AvgIpc) is 3.41. The van der Waals surface area contributed by atoms with E-state index in [-0.39, 0.29) is 18.4 Å². The number of ether oxygens (including phenoxy) is 1. The molecule has 7 nitrogen and oxygen atoms in total. The van der Waals surface area contributed by atoms with Gasteiger partial charge in [-0.25, -0.2) is 0 Å². The first-order chi connectivity index (χ1) is 17.2. The molecule has 2 amide bonds. The lowest BCUT2D eigenvalue weighted by Gasteiger charge is -2.10. The highest BCUT2D eigenvalue weighted by Crippen LogP contribution is 2.16. The molecule has 4 aromatic rings. The van der Waals surface area contributed by atoms with Gasteiger partial charge >= 0.3 is 0 Å². The predicted octanol–water partition coefficient (Wildman–Crippen LogP) is 4.88. The van der Waals surface area contributed by atoms with Crippen molar-refractivity contribution in [3.8, 4) is 5.75 Å². The SMILES string of the molecule is O=C(CNc1ccc(OCCc2ccccc2)cc1)Nc1cccc(C(=O)NCc2ccco2)c1. The van der Waals surface area contributed by atoms with E-state index in [1.165, 1.54) is 5.56 Å². The molecule has 3 aromatic carbocycles. The minimum Gasteiger partial charge on any atom is -0.493 e. The van der Waals surface area contributed by atoms with E-state index in [4.69, 9.17) is 9.15 Å². The van der Waals surface area contributed by atoms with Gasteiger partial charge in [-0.3, -0.25) is 9.59 Å². The van der Waals surface area contributed by atoms with Gasteiger partial charge in [-0.15, -0.1) is 0 Å². The highest BCUT2D eigenvalue weighted by Gasteiger charge is 2.09. The van der Waals surface area contributed by atoms with Gasteiger partial charge in [0, 0.05) is 23.4 Å². The third kappa shape index (κ3) is 7.50. The number of amides is 2. The van der Waals surface area contributed by atoms with E-state index < -0.39 is 0 Å². The van der Waals surface area contributed by atoms with E-state index in [9.17, 15) is 9.59 Å². The van der Waals surface area contributed by atoms with E-state index in [1.54, 1.807) is 42.7 Å². The quantitative estimate of drug-likeness (QED) is 0.291. The van der Waals surface area contributed by atoms with Crippen molar-refractivity contribution in [2.75, 3.05) is 23.8 Å². The summed E-state index contributed by atoms with van der Waals surface area (Å²) >= 11 is 0. The molecule has 0 aliphatic carbocycles. The van der Waals surface area contributed by atoms with Crippen molar-refractivity contribution >= 4 is 23.2 Å². The number of hydrogen-bond donors (Lipinski definition) is 3. The Morgan fingerprint density at radius 3 is 2.43 bits per heavy atom. The van der Waals surface area contributed by atoms with Gasteiger partial charge < -0.3 is 25.1 Å². The molecule has 35 heavy (non-hydrogen) atoms. The number of carbonyl (C=O) groups excluding carboxylic acids is 2. The number of nitrogens with one attached hydrogen (secondary N) is 3. The van der Waals surface area contributed by atoms with Crippen LogP contribution in [0.4, 0.5) is 11.4 Å². The van der Waals surface area contributed by atoms with E-state index >= 15 is 0 Å².